The first kappa shape index (κ1) is 10.5. The number of hydrogen-bond acceptors (Lipinski definition) is 3. The van der Waals surface area contributed by atoms with Crippen molar-refractivity contribution in [3.63, 3.8) is 0 Å². The molecule has 0 radical (unpaired) electrons. The Labute approximate surface area is 97.2 Å². The molecule has 2 rings (SSSR count). The molecule has 0 spiro atoms. The van der Waals surface area contributed by atoms with Crippen molar-refractivity contribution in [2.24, 2.45) is 0 Å². The third-order valence-corrected chi connectivity index (χ3v) is 3.13. The number of carbonyl (C=O) groups is 1. The van der Waals surface area contributed by atoms with E-state index in [4.69, 9.17) is 4.74 Å². The van der Waals surface area contributed by atoms with Crippen LogP contribution in [0.4, 0.5) is 5.69 Å². The molecule has 0 aromatic heterocycles. The minimum atomic E-state index is -0.152. The van der Waals surface area contributed by atoms with Crippen LogP contribution in [0.2, 0.25) is 0 Å². The summed E-state index contributed by atoms with van der Waals surface area (Å²) >= 11 is 3.41. The molecular weight excluding hydrogens is 258 g/mol. The third-order valence-electron chi connectivity index (χ3n) is 2.63. The first-order valence-corrected chi connectivity index (χ1v) is 5.61. The lowest BCUT2D eigenvalue weighted by atomic mass is 10.0. The number of esters is 1. The van der Waals surface area contributed by atoms with Gasteiger partial charge in [0.15, 0.2) is 0 Å². The van der Waals surface area contributed by atoms with Crippen molar-refractivity contribution < 1.29 is 9.53 Å². The van der Waals surface area contributed by atoms with Gasteiger partial charge in [-0.05, 0) is 24.6 Å². The van der Waals surface area contributed by atoms with Crippen LogP contribution in [0.15, 0.2) is 28.7 Å². The summed E-state index contributed by atoms with van der Waals surface area (Å²) in [4.78, 5) is 13.4. The number of benzene rings is 1. The fourth-order valence-electron chi connectivity index (χ4n) is 1.73. The number of rotatable bonds is 2. The molecule has 1 aliphatic rings. The van der Waals surface area contributed by atoms with E-state index in [1.165, 1.54) is 7.11 Å². The lowest BCUT2D eigenvalue weighted by molar-refractivity contribution is -0.143. The summed E-state index contributed by atoms with van der Waals surface area (Å²) in [6, 6.07) is 7.83. The van der Waals surface area contributed by atoms with E-state index in [2.05, 4.69) is 20.8 Å². The number of carbonyl (C=O) groups excluding carboxylic acids is 1. The monoisotopic (exact) mass is 269 g/mol. The second-order valence-electron chi connectivity index (χ2n) is 3.50. The zero-order valence-corrected chi connectivity index (χ0v) is 10.0. The summed E-state index contributed by atoms with van der Waals surface area (Å²) in [5.74, 6) is -0.152. The van der Waals surface area contributed by atoms with E-state index in [0.717, 1.165) is 23.1 Å². The van der Waals surface area contributed by atoms with Crippen LogP contribution in [0.25, 0.3) is 0 Å². The number of ether oxygens (including phenoxy) is 1. The summed E-state index contributed by atoms with van der Waals surface area (Å²) in [6.07, 6.45) is 0.874. The second-order valence-corrected chi connectivity index (χ2v) is 4.42. The Morgan fingerprint density at radius 1 is 1.60 bits per heavy atom. The smallest absolute Gasteiger partial charge is 0.328 e. The third kappa shape index (κ3) is 2.00. The molecule has 1 aromatic carbocycles. The fourth-order valence-corrected chi connectivity index (χ4v) is 2.12. The van der Waals surface area contributed by atoms with Gasteiger partial charge in [0.2, 0.25) is 0 Å². The Balaban J connectivity index is 2.15. The van der Waals surface area contributed by atoms with Crippen molar-refractivity contribution in [2.75, 3.05) is 18.6 Å². The lowest BCUT2D eigenvalue weighted by Gasteiger charge is -2.40. The highest BCUT2D eigenvalue weighted by Crippen LogP contribution is 2.28. The highest BCUT2D eigenvalue weighted by atomic mass is 79.9. The van der Waals surface area contributed by atoms with E-state index in [9.17, 15) is 4.79 Å². The van der Waals surface area contributed by atoms with Crippen molar-refractivity contribution in [3.8, 4) is 0 Å². The zero-order chi connectivity index (χ0) is 10.8. The molecule has 0 bridgehead atoms. The van der Waals surface area contributed by atoms with Gasteiger partial charge in [0.25, 0.3) is 0 Å². The summed E-state index contributed by atoms with van der Waals surface area (Å²) in [7, 11) is 1.43. The molecule has 1 fully saturated rings. The minimum absolute atomic E-state index is 0.107. The van der Waals surface area contributed by atoms with Gasteiger partial charge in [0.1, 0.15) is 6.04 Å². The molecule has 0 amide bonds. The molecule has 1 saturated heterocycles. The van der Waals surface area contributed by atoms with Crippen LogP contribution in [0, 0.1) is 0 Å². The largest absolute Gasteiger partial charge is 0.467 e. The molecule has 15 heavy (non-hydrogen) atoms. The molecule has 4 heteroatoms. The average molecular weight is 270 g/mol. The van der Waals surface area contributed by atoms with Gasteiger partial charge >= 0.3 is 5.97 Å². The molecule has 0 aliphatic carbocycles. The maximum Gasteiger partial charge on any atom is 0.328 e. The first-order valence-electron chi connectivity index (χ1n) is 4.82. The van der Waals surface area contributed by atoms with Gasteiger partial charge in [-0.2, -0.15) is 0 Å². The standard InChI is InChI=1S/C11H12BrNO2/c1-15-11(14)10-5-6-13(10)9-4-2-3-8(12)7-9/h2-4,7,10H,5-6H2,1H3. The molecular formula is C11H12BrNO2. The molecule has 0 saturated carbocycles. The van der Waals surface area contributed by atoms with Gasteiger partial charge in [-0.1, -0.05) is 22.0 Å². The van der Waals surface area contributed by atoms with Crippen LogP contribution in [0.5, 0.6) is 0 Å². The summed E-state index contributed by atoms with van der Waals surface area (Å²) in [6.45, 7) is 0.913. The normalized spacial score (nSPS) is 19.6. The molecule has 80 valence electrons. The fraction of sp³-hybridized carbons (Fsp3) is 0.364. The van der Waals surface area contributed by atoms with Crippen molar-refractivity contribution in [1.29, 1.82) is 0 Å². The van der Waals surface area contributed by atoms with E-state index in [1.54, 1.807) is 0 Å². The Hall–Kier alpha value is -1.03. The molecule has 3 nitrogen and oxygen atoms in total. The van der Waals surface area contributed by atoms with Gasteiger partial charge in [0, 0.05) is 16.7 Å². The van der Waals surface area contributed by atoms with Gasteiger partial charge in [-0.3, -0.25) is 0 Å². The summed E-state index contributed by atoms with van der Waals surface area (Å²) in [5.41, 5.74) is 1.06. The van der Waals surface area contributed by atoms with Crippen molar-refractivity contribution in [3.05, 3.63) is 28.7 Å². The second kappa shape index (κ2) is 4.23. The SMILES string of the molecule is COC(=O)C1CCN1c1cccc(Br)c1. The van der Waals surface area contributed by atoms with Crippen molar-refractivity contribution >= 4 is 27.6 Å². The molecule has 1 aliphatic heterocycles. The maximum absolute atomic E-state index is 11.4. The van der Waals surface area contributed by atoms with Crippen molar-refractivity contribution in [1.82, 2.24) is 0 Å². The number of anilines is 1. The van der Waals surface area contributed by atoms with Crippen LogP contribution in [-0.4, -0.2) is 25.7 Å². The van der Waals surface area contributed by atoms with Gasteiger partial charge in [-0.25, -0.2) is 4.79 Å². The number of hydrogen-bond donors (Lipinski definition) is 0. The number of nitrogens with zero attached hydrogens (tertiary/aromatic N) is 1. The molecule has 1 heterocycles. The lowest BCUT2D eigenvalue weighted by Crippen LogP contribution is -2.53. The Kier molecular flexibility index (Phi) is 2.95. The Morgan fingerprint density at radius 3 is 2.93 bits per heavy atom. The van der Waals surface area contributed by atoms with E-state index in [1.807, 2.05) is 24.3 Å². The molecule has 1 atom stereocenters. The highest BCUT2D eigenvalue weighted by Gasteiger charge is 2.34. The van der Waals surface area contributed by atoms with Crippen molar-refractivity contribution in [2.45, 2.75) is 12.5 Å². The van der Waals surface area contributed by atoms with Gasteiger partial charge in [-0.15, -0.1) is 0 Å². The zero-order valence-electron chi connectivity index (χ0n) is 8.44. The van der Waals surface area contributed by atoms with Gasteiger partial charge < -0.3 is 9.64 Å². The van der Waals surface area contributed by atoms with Crippen LogP contribution in [-0.2, 0) is 9.53 Å². The number of methoxy groups -OCH3 is 1. The topological polar surface area (TPSA) is 29.5 Å². The molecule has 1 aromatic rings. The Bertz CT molecular complexity index is 381. The molecule has 1 unspecified atom stereocenters. The summed E-state index contributed by atoms with van der Waals surface area (Å²) in [5, 5.41) is 0. The quantitative estimate of drug-likeness (QED) is 0.771. The average Bonchev–Trinajstić information content (AvgIpc) is 2.16. The summed E-state index contributed by atoms with van der Waals surface area (Å²) < 4.78 is 5.77. The van der Waals surface area contributed by atoms with Gasteiger partial charge in [0.05, 0.1) is 7.11 Å². The Morgan fingerprint density at radius 2 is 2.40 bits per heavy atom. The van der Waals surface area contributed by atoms with Crippen LogP contribution < -0.4 is 4.90 Å². The number of halogens is 1. The first-order chi connectivity index (χ1) is 7.22. The van der Waals surface area contributed by atoms with E-state index in [-0.39, 0.29) is 12.0 Å². The molecule has 0 N–H and O–H groups in total. The maximum atomic E-state index is 11.4. The van der Waals surface area contributed by atoms with Crippen LogP contribution >= 0.6 is 15.9 Å². The van der Waals surface area contributed by atoms with E-state index in [0.29, 0.717) is 0 Å². The predicted octanol–water partition coefficient (Wildman–Crippen LogP) is 2.20. The van der Waals surface area contributed by atoms with Crippen LogP contribution in [0.1, 0.15) is 6.42 Å². The van der Waals surface area contributed by atoms with E-state index >= 15 is 0 Å². The van der Waals surface area contributed by atoms with E-state index < -0.39 is 0 Å². The predicted molar refractivity (Wildman–Crippen MR) is 61.9 cm³/mol. The van der Waals surface area contributed by atoms with Crippen LogP contribution in [0.3, 0.4) is 0 Å². The highest BCUT2D eigenvalue weighted by molar-refractivity contribution is 9.10. The minimum Gasteiger partial charge on any atom is -0.467 e.